The van der Waals surface area contributed by atoms with E-state index in [1.165, 1.54) is 6.33 Å². The van der Waals surface area contributed by atoms with Crippen LogP contribution in [0.1, 0.15) is 25.7 Å². The van der Waals surface area contributed by atoms with Gasteiger partial charge in [0.2, 0.25) is 0 Å². The molecule has 1 fully saturated rings. The molecule has 1 heterocycles. The van der Waals surface area contributed by atoms with Gasteiger partial charge in [0.1, 0.15) is 24.5 Å². The van der Waals surface area contributed by atoms with Gasteiger partial charge in [0.15, 0.2) is 0 Å². The van der Waals surface area contributed by atoms with Crippen molar-refractivity contribution in [3.8, 4) is 0 Å². The van der Waals surface area contributed by atoms with Crippen LogP contribution >= 0.6 is 0 Å². The minimum Gasteiger partial charge on any atom is -0.301 e. The Morgan fingerprint density at radius 1 is 1.42 bits per heavy atom. The van der Waals surface area contributed by atoms with E-state index in [2.05, 4.69) is 10.1 Å². The van der Waals surface area contributed by atoms with Gasteiger partial charge in [-0.3, -0.25) is 0 Å². The Morgan fingerprint density at radius 3 is 2.67 bits per heavy atom. The standard InChI is InChI=1S/C8H11N3O/c12-5-8(3-1-2-4-8)11-7-9-6-10-11/h5-7H,1-4H2. The van der Waals surface area contributed by atoms with Crippen molar-refractivity contribution in [2.24, 2.45) is 0 Å². The highest BCUT2D eigenvalue weighted by molar-refractivity contribution is 5.62. The molecule has 1 aliphatic carbocycles. The van der Waals surface area contributed by atoms with E-state index in [0.717, 1.165) is 32.0 Å². The number of carbonyl (C=O) groups excluding carboxylic acids is 1. The Kier molecular flexibility index (Phi) is 1.67. The number of rotatable bonds is 2. The first-order valence-corrected chi connectivity index (χ1v) is 4.19. The number of hydrogen-bond donors (Lipinski definition) is 0. The predicted molar refractivity (Wildman–Crippen MR) is 42.5 cm³/mol. The van der Waals surface area contributed by atoms with Crippen LogP contribution in [0, 0.1) is 0 Å². The fraction of sp³-hybridized carbons (Fsp3) is 0.625. The summed E-state index contributed by atoms with van der Waals surface area (Å²) in [6.07, 6.45) is 8.13. The van der Waals surface area contributed by atoms with E-state index < -0.39 is 0 Å². The normalized spacial score (nSPS) is 21.0. The molecule has 0 aromatic carbocycles. The second kappa shape index (κ2) is 2.69. The minimum atomic E-state index is -0.378. The van der Waals surface area contributed by atoms with Gasteiger partial charge in [0, 0.05) is 0 Å². The van der Waals surface area contributed by atoms with Crippen molar-refractivity contribution in [2.75, 3.05) is 0 Å². The van der Waals surface area contributed by atoms with E-state index in [4.69, 9.17) is 0 Å². The van der Waals surface area contributed by atoms with Crippen LogP contribution in [0.25, 0.3) is 0 Å². The molecule has 0 saturated heterocycles. The van der Waals surface area contributed by atoms with Crippen LogP contribution in [0.15, 0.2) is 12.7 Å². The van der Waals surface area contributed by atoms with E-state index in [-0.39, 0.29) is 5.54 Å². The summed E-state index contributed by atoms with van der Waals surface area (Å²) in [7, 11) is 0. The van der Waals surface area contributed by atoms with Gasteiger partial charge in [-0.15, -0.1) is 0 Å². The molecule has 12 heavy (non-hydrogen) atoms. The van der Waals surface area contributed by atoms with Crippen molar-refractivity contribution < 1.29 is 4.79 Å². The van der Waals surface area contributed by atoms with Crippen LogP contribution in [-0.2, 0) is 10.3 Å². The number of carbonyl (C=O) groups is 1. The molecule has 1 aliphatic rings. The SMILES string of the molecule is O=CC1(n2cncn2)CCCC1. The quantitative estimate of drug-likeness (QED) is 0.607. The summed E-state index contributed by atoms with van der Waals surface area (Å²) in [6.45, 7) is 0. The average molecular weight is 165 g/mol. The second-order valence-corrected chi connectivity index (χ2v) is 3.27. The smallest absolute Gasteiger partial charge is 0.147 e. The van der Waals surface area contributed by atoms with E-state index in [1.807, 2.05) is 0 Å². The van der Waals surface area contributed by atoms with Gasteiger partial charge in [-0.05, 0) is 12.8 Å². The third-order valence-electron chi connectivity index (χ3n) is 2.56. The Hall–Kier alpha value is -1.19. The molecule has 1 aromatic rings. The third-order valence-corrected chi connectivity index (χ3v) is 2.56. The molecule has 4 heteroatoms. The lowest BCUT2D eigenvalue weighted by Gasteiger charge is -2.21. The Morgan fingerprint density at radius 2 is 2.17 bits per heavy atom. The molecule has 0 bridgehead atoms. The lowest BCUT2D eigenvalue weighted by molar-refractivity contribution is -0.115. The zero-order chi connectivity index (χ0) is 8.44. The molecule has 1 saturated carbocycles. The van der Waals surface area contributed by atoms with Crippen LogP contribution in [0.5, 0.6) is 0 Å². The van der Waals surface area contributed by atoms with Gasteiger partial charge in [-0.2, -0.15) is 5.10 Å². The number of aromatic nitrogens is 3. The van der Waals surface area contributed by atoms with Gasteiger partial charge in [0.05, 0.1) is 0 Å². The van der Waals surface area contributed by atoms with Crippen molar-refractivity contribution in [3.05, 3.63) is 12.7 Å². The van der Waals surface area contributed by atoms with Crippen molar-refractivity contribution >= 4 is 6.29 Å². The summed E-state index contributed by atoms with van der Waals surface area (Å²) < 4.78 is 1.69. The zero-order valence-corrected chi connectivity index (χ0v) is 6.81. The maximum atomic E-state index is 10.9. The van der Waals surface area contributed by atoms with Gasteiger partial charge >= 0.3 is 0 Å². The van der Waals surface area contributed by atoms with Crippen molar-refractivity contribution in [1.82, 2.24) is 14.8 Å². The van der Waals surface area contributed by atoms with Crippen LogP contribution in [0.4, 0.5) is 0 Å². The molecule has 0 aliphatic heterocycles. The maximum Gasteiger partial charge on any atom is 0.147 e. The van der Waals surface area contributed by atoms with Crippen LogP contribution in [-0.4, -0.2) is 21.1 Å². The molecule has 1 aromatic heterocycles. The Bertz CT molecular complexity index is 262. The Balaban J connectivity index is 2.34. The predicted octanol–water partition coefficient (Wildman–Crippen LogP) is 0.746. The van der Waals surface area contributed by atoms with Crippen LogP contribution in [0.3, 0.4) is 0 Å². The van der Waals surface area contributed by atoms with Crippen molar-refractivity contribution in [3.63, 3.8) is 0 Å². The van der Waals surface area contributed by atoms with E-state index in [0.29, 0.717) is 0 Å². The third kappa shape index (κ3) is 0.948. The Labute approximate surface area is 70.6 Å². The average Bonchev–Trinajstić information content (AvgIpc) is 2.76. The number of nitrogens with zero attached hydrogens (tertiary/aromatic N) is 3. The van der Waals surface area contributed by atoms with Crippen molar-refractivity contribution in [1.29, 1.82) is 0 Å². The summed E-state index contributed by atoms with van der Waals surface area (Å²) in [5.74, 6) is 0. The first kappa shape index (κ1) is 7.46. The summed E-state index contributed by atoms with van der Waals surface area (Å²) in [6, 6.07) is 0. The van der Waals surface area contributed by atoms with Crippen LogP contribution < -0.4 is 0 Å². The maximum absolute atomic E-state index is 10.9. The van der Waals surface area contributed by atoms with Gasteiger partial charge in [-0.25, -0.2) is 9.67 Å². The molecule has 0 atom stereocenters. The molecular formula is C8H11N3O. The molecule has 64 valence electrons. The molecule has 4 nitrogen and oxygen atoms in total. The highest BCUT2D eigenvalue weighted by atomic mass is 16.1. The zero-order valence-electron chi connectivity index (χ0n) is 6.81. The molecular weight excluding hydrogens is 154 g/mol. The largest absolute Gasteiger partial charge is 0.301 e. The van der Waals surface area contributed by atoms with E-state index >= 15 is 0 Å². The molecule has 0 radical (unpaired) electrons. The fourth-order valence-electron chi connectivity index (χ4n) is 1.83. The number of aldehydes is 1. The summed E-state index contributed by atoms with van der Waals surface area (Å²) in [5.41, 5.74) is -0.378. The van der Waals surface area contributed by atoms with Gasteiger partial charge in [0.25, 0.3) is 0 Å². The highest BCUT2D eigenvalue weighted by Crippen LogP contribution is 2.33. The first-order chi connectivity index (χ1) is 5.87. The summed E-state index contributed by atoms with van der Waals surface area (Å²) >= 11 is 0. The monoisotopic (exact) mass is 165 g/mol. The summed E-state index contributed by atoms with van der Waals surface area (Å²) in [4.78, 5) is 14.8. The fourth-order valence-corrected chi connectivity index (χ4v) is 1.83. The lowest BCUT2D eigenvalue weighted by Crippen LogP contribution is -2.32. The highest BCUT2D eigenvalue weighted by Gasteiger charge is 2.35. The van der Waals surface area contributed by atoms with E-state index in [1.54, 1.807) is 11.0 Å². The minimum absolute atomic E-state index is 0.378. The van der Waals surface area contributed by atoms with E-state index in [9.17, 15) is 4.79 Å². The first-order valence-electron chi connectivity index (χ1n) is 4.19. The molecule has 2 rings (SSSR count). The molecule has 0 spiro atoms. The van der Waals surface area contributed by atoms with Crippen molar-refractivity contribution in [2.45, 2.75) is 31.2 Å². The summed E-state index contributed by atoms with van der Waals surface area (Å²) in [5, 5.41) is 4.02. The van der Waals surface area contributed by atoms with Crippen LogP contribution in [0.2, 0.25) is 0 Å². The van der Waals surface area contributed by atoms with Gasteiger partial charge in [-0.1, -0.05) is 12.8 Å². The lowest BCUT2D eigenvalue weighted by atomic mass is 10.0. The topological polar surface area (TPSA) is 47.8 Å². The molecule has 0 amide bonds. The molecule has 0 N–H and O–H groups in total. The molecule has 0 unspecified atom stereocenters. The van der Waals surface area contributed by atoms with Gasteiger partial charge < -0.3 is 4.79 Å². The number of hydrogen-bond acceptors (Lipinski definition) is 3. The second-order valence-electron chi connectivity index (χ2n) is 3.27.